The van der Waals surface area contributed by atoms with Crippen molar-refractivity contribution in [1.82, 2.24) is 4.90 Å². The van der Waals surface area contributed by atoms with E-state index < -0.39 is 0 Å². The van der Waals surface area contributed by atoms with Crippen LogP contribution in [0.5, 0.6) is 0 Å². The number of hydrogen-bond donors (Lipinski definition) is 1. The van der Waals surface area contributed by atoms with Gasteiger partial charge in [0, 0.05) is 18.7 Å². The largest absolute Gasteiger partial charge is 0.449 e. The van der Waals surface area contributed by atoms with E-state index in [1.54, 1.807) is 12.1 Å². The lowest BCUT2D eigenvalue weighted by molar-refractivity contribution is 0.0696. The van der Waals surface area contributed by atoms with E-state index in [1.807, 2.05) is 0 Å². The number of hydrogen-bond acceptors (Lipinski definition) is 3. The summed E-state index contributed by atoms with van der Waals surface area (Å²) in [6, 6.07) is 4.84. The van der Waals surface area contributed by atoms with Gasteiger partial charge < -0.3 is 15.4 Å². The fourth-order valence-electron chi connectivity index (χ4n) is 1.79. The highest BCUT2D eigenvalue weighted by Crippen LogP contribution is 2.15. The van der Waals surface area contributed by atoms with Crippen LogP contribution in [0.25, 0.3) is 0 Å². The molecular weight excluding hydrogens is 223 g/mol. The summed E-state index contributed by atoms with van der Waals surface area (Å²) in [5.41, 5.74) is 6.65. The lowest BCUT2D eigenvalue weighted by atomic mass is 10.1. The fraction of sp³-hybridized carbons (Fsp3) is 0.417. The Hall–Kier alpha value is -1.62. The zero-order chi connectivity index (χ0) is 12.3. The van der Waals surface area contributed by atoms with E-state index in [-0.39, 0.29) is 18.5 Å². The maximum Gasteiger partial charge on any atom is 0.410 e. The van der Waals surface area contributed by atoms with Crippen LogP contribution in [0.3, 0.4) is 0 Å². The summed E-state index contributed by atoms with van der Waals surface area (Å²) >= 11 is 0. The zero-order valence-corrected chi connectivity index (χ0v) is 9.49. The van der Waals surface area contributed by atoms with Crippen molar-refractivity contribution >= 4 is 6.09 Å². The Morgan fingerprint density at radius 2 is 2.29 bits per heavy atom. The van der Waals surface area contributed by atoms with Gasteiger partial charge in [0.2, 0.25) is 0 Å². The Morgan fingerprint density at radius 1 is 1.47 bits per heavy atom. The van der Waals surface area contributed by atoms with E-state index in [4.69, 9.17) is 10.5 Å². The van der Waals surface area contributed by atoms with Gasteiger partial charge >= 0.3 is 6.09 Å². The van der Waals surface area contributed by atoms with Gasteiger partial charge in [-0.1, -0.05) is 12.1 Å². The Balaban J connectivity index is 2.10. The van der Waals surface area contributed by atoms with Crippen LogP contribution in [0.15, 0.2) is 18.2 Å². The first-order valence-corrected chi connectivity index (χ1v) is 5.60. The van der Waals surface area contributed by atoms with Crippen molar-refractivity contribution in [3.63, 3.8) is 0 Å². The second kappa shape index (κ2) is 5.14. The molecule has 0 radical (unpaired) electrons. The molecule has 1 aliphatic rings. The van der Waals surface area contributed by atoms with Crippen LogP contribution in [-0.2, 0) is 17.8 Å². The topological polar surface area (TPSA) is 55.6 Å². The predicted molar refractivity (Wildman–Crippen MR) is 60.7 cm³/mol. The molecule has 1 heterocycles. The van der Waals surface area contributed by atoms with Gasteiger partial charge in [0.1, 0.15) is 5.82 Å². The number of cyclic esters (lactones) is 1. The number of nitrogens with zero attached hydrogens (tertiary/aromatic N) is 1. The molecule has 1 aromatic carbocycles. The summed E-state index contributed by atoms with van der Waals surface area (Å²) in [6.07, 6.45) is 0.410. The summed E-state index contributed by atoms with van der Waals surface area (Å²) in [6.45, 7) is 1.61. The minimum absolute atomic E-state index is 0.246. The molecule has 0 aromatic heterocycles. The van der Waals surface area contributed by atoms with Crippen molar-refractivity contribution < 1.29 is 13.9 Å². The van der Waals surface area contributed by atoms with Crippen LogP contribution < -0.4 is 5.73 Å². The van der Waals surface area contributed by atoms with Crippen molar-refractivity contribution in [3.8, 4) is 0 Å². The number of halogens is 1. The molecule has 0 unspecified atom stereocenters. The van der Waals surface area contributed by atoms with Gasteiger partial charge in [0.05, 0.1) is 13.2 Å². The van der Waals surface area contributed by atoms with Crippen molar-refractivity contribution in [2.45, 2.75) is 19.5 Å². The quantitative estimate of drug-likeness (QED) is 0.870. The van der Waals surface area contributed by atoms with Gasteiger partial charge in [-0.3, -0.25) is 0 Å². The number of carbonyl (C=O) groups is 1. The van der Waals surface area contributed by atoms with Crippen LogP contribution in [-0.4, -0.2) is 24.1 Å². The third-order valence-corrected chi connectivity index (χ3v) is 2.77. The van der Waals surface area contributed by atoms with E-state index in [0.29, 0.717) is 25.3 Å². The highest BCUT2D eigenvalue weighted by Gasteiger charge is 2.20. The van der Waals surface area contributed by atoms with Gasteiger partial charge in [-0.15, -0.1) is 0 Å². The molecule has 5 heteroatoms. The molecule has 1 saturated heterocycles. The number of ether oxygens (including phenoxy) is 1. The van der Waals surface area contributed by atoms with Crippen molar-refractivity contribution in [1.29, 1.82) is 0 Å². The Bertz CT molecular complexity index is 423. The normalized spacial score (nSPS) is 15.9. The summed E-state index contributed by atoms with van der Waals surface area (Å²) in [7, 11) is 0. The summed E-state index contributed by atoms with van der Waals surface area (Å²) in [4.78, 5) is 12.9. The van der Waals surface area contributed by atoms with E-state index in [1.165, 1.54) is 11.0 Å². The molecule has 2 N–H and O–H groups in total. The maximum atomic E-state index is 13.7. The van der Waals surface area contributed by atoms with E-state index in [2.05, 4.69) is 0 Å². The van der Waals surface area contributed by atoms with E-state index in [0.717, 1.165) is 12.0 Å². The van der Waals surface area contributed by atoms with E-state index >= 15 is 0 Å². The molecular formula is C12H15FN2O2. The average molecular weight is 238 g/mol. The fourth-order valence-corrected chi connectivity index (χ4v) is 1.79. The number of carbonyl (C=O) groups excluding carboxylic acids is 1. The van der Waals surface area contributed by atoms with E-state index in [9.17, 15) is 9.18 Å². The van der Waals surface area contributed by atoms with Gasteiger partial charge in [-0.25, -0.2) is 9.18 Å². The third kappa shape index (κ3) is 2.74. The lowest BCUT2D eigenvalue weighted by Gasteiger charge is -2.26. The van der Waals surface area contributed by atoms with Crippen LogP contribution >= 0.6 is 0 Å². The molecule has 17 heavy (non-hydrogen) atoms. The molecule has 0 bridgehead atoms. The second-order valence-electron chi connectivity index (χ2n) is 4.02. The predicted octanol–water partition coefficient (Wildman–Crippen LogP) is 1.63. The number of benzene rings is 1. The Kier molecular flexibility index (Phi) is 3.58. The average Bonchev–Trinajstić information content (AvgIpc) is 2.34. The highest BCUT2D eigenvalue weighted by molar-refractivity contribution is 5.68. The molecule has 2 rings (SSSR count). The monoisotopic (exact) mass is 238 g/mol. The van der Waals surface area contributed by atoms with Crippen LogP contribution in [0.2, 0.25) is 0 Å². The molecule has 1 aliphatic heterocycles. The van der Waals surface area contributed by atoms with Crippen molar-refractivity contribution in [2.75, 3.05) is 13.2 Å². The molecule has 4 nitrogen and oxygen atoms in total. The molecule has 0 spiro atoms. The number of nitrogens with two attached hydrogens (primary N) is 1. The highest BCUT2D eigenvalue weighted by atomic mass is 19.1. The molecule has 0 aliphatic carbocycles. The first-order valence-electron chi connectivity index (χ1n) is 5.60. The van der Waals surface area contributed by atoms with Crippen molar-refractivity contribution in [2.24, 2.45) is 5.73 Å². The van der Waals surface area contributed by atoms with Gasteiger partial charge in [0.15, 0.2) is 0 Å². The Labute approximate surface area is 99.2 Å². The minimum Gasteiger partial charge on any atom is -0.449 e. The molecule has 1 aromatic rings. The minimum atomic E-state index is -0.376. The standard InChI is InChI=1S/C12H15FN2O2/c13-11-6-9(7-14)2-3-10(11)8-15-4-1-5-17-12(15)16/h2-3,6H,1,4-5,7-8,14H2. The SMILES string of the molecule is NCc1ccc(CN2CCCOC2=O)c(F)c1. The first-order chi connectivity index (χ1) is 8.20. The molecule has 0 atom stereocenters. The smallest absolute Gasteiger partial charge is 0.410 e. The van der Waals surface area contributed by atoms with Crippen LogP contribution in [0.4, 0.5) is 9.18 Å². The zero-order valence-electron chi connectivity index (χ0n) is 9.49. The summed E-state index contributed by atoms with van der Waals surface area (Å²) < 4.78 is 18.6. The third-order valence-electron chi connectivity index (χ3n) is 2.77. The Morgan fingerprint density at radius 3 is 2.94 bits per heavy atom. The summed E-state index contributed by atoms with van der Waals surface area (Å²) in [5.74, 6) is -0.327. The van der Waals surface area contributed by atoms with Gasteiger partial charge in [-0.05, 0) is 18.1 Å². The molecule has 1 amide bonds. The van der Waals surface area contributed by atoms with Crippen LogP contribution in [0.1, 0.15) is 17.5 Å². The number of amides is 1. The first kappa shape index (κ1) is 11.9. The maximum absolute atomic E-state index is 13.7. The molecule has 0 saturated carbocycles. The molecule has 92 valence electrons. The second-order valence-corrected chi connectivity index (χ2v) is 4.02. The van der Waals surface area contributed by atoms with Gasteiger partial charge in [0.25, 0.3) is 0 Å². The number of rotatable bonds is 3. The lowest BCUT2D eigenvalue weighted by Crippen LogP contribution is -2.37. The van der Waals surface area contributed by atoms with Gasteiger partial charge in [-0.2, -0.15) is 0 Å². The van der Waals surface area contributed by atoms with Crippen molar-refractivity contribution in [3.05, 3.63) is 35.1 Å². The summed E-state index contributed by atoms with van der Waals surface area (Å²) in [5, 5.41) is 0. The molecule has 1 fully saturated rings. The van der Waals surface area contributed by atoms with Crippen LogP contribution in [0, 0.1) is 5.82 Å².